The topological polar surface area (TPSA) is 101 Å². The molecular weight excluding hydrogens is 564 g/mol. The first kappa shape index (κ1) is 20.6. The number of benzene rings is 2. The number of halogens is 3. The number of nitrogens with one attached hydrogen (secondary N) is 1. The Balaban J connectivity index is 1.76. The zero-order valence-corrected chi connectivity index (χ0v) is 18.7. The molecule has 0 radical (unpaired) electrons. The van der Waals surface area contributed by atoms with Crippen LogP contribution in [0.4, 0.5) is 0 Å². The number of carbonyl (C=O) groups is 2. The minimum atomic E-state index is -1.10. The normalized spacial score (nSPS) is 11.1. The lowest BCUT2D eigenvalue weighted by Crippen LogP contribution is -2.17. The van der Waals surface area contributed by atoms with Crippen LogP contribution in [0.5, 0.6) is 5.75 Å². The fraction of sp³-hybridized carbons (Fsp3) is 0.0556. The first-order chi connectivity index (χ1) is 13.3. The van der Waals surface area contributed by atoms with Gasteiger partial charge in [0.1, 0.15) is 11.3 Å². The summed E-state index contributed by atoms with van der Waals surface area (Å²) in [7, 11) is 0. The summed E-state index contributed by atoms with van der Waals surface area (Å²) < 4.78 is 13.1. The highest BCUT2D eigenvalue weighted by Crippen LogP contribution is 2.31. The first-order valence-electron chi connectivity index (χ1n) is 7.69. The molecule has 0 saturated carbocycles. The van der Waals surface area contributed by atoms with Gasteiger partial charge in [0.15, 0.2) is 12.4 Å². The molecule has 0 fully saturated rings. The van der Waals surface area contributed by atoms with E-state index in [-0.39, 0.29) is 5.76 Å². The third-order valence-electron chi connectivity index (χ3n) is 3.45. The van der Waals surface area contributed by atoms with Crippen molar-refractivity contribution in [1.82, 2.24) is 5.43 Å². The molecule has 0 bridgehead atoms. The van der Waals surface area contributed by atoms with Crippen molar-refractivity contribution in [2.75, 3.05) is 6.61 Å². The number of aliphatic carboxylic acids is 1. The third kappa shape index (κ3) is 5.00. The van der Waals surface area contributed by atoms with Crippen molar-refractivity contribution in [2.45, 2.75) is 0 Å². The van der Waals surface area contributed by atoms with Crippen LogP contribution in [-0.2, 0) is 4.79 Å². The average Bonchev–Trinajstić information content (AvgIpc) is 3.05. The summed E-state index contributed by atoms with van der Waals surface area (Å²) >= 11 is 10.1. The van der Waals surface area contributed by atoms with Crippen LogP contribution in [0.15, 0.2) is 59.3 Å². The van der Waals surface area contributed by atoms with Gasteiger partial charge in [0.2, 0.25) is 0 Å². The molecule has 0 saturated heterocycles. The highest BCUT2D eigenvalue weighted by molar-refractivity contribution is 9.11. The molecule has 0 atom stereocenters. The van der Waals surface area contributed by atoms with Crippen LogP contribution in [0.3, 0.4) is 0 Å². The number of hydrogen-bond donors (Lipinski definition) is 2. The van der Waals surface area contributed by atoms with Crippen LogP contribution in [0.2, 0.25) is 0 Å². The van der Waals surface area contributed by atoms with E-state index in [1.165, 1.54) is 6.21 Å². The molecule has 10 heteroatoms. The van der Waals surface area contributed by atoms with Crippen LogP contribution < -0.4 is 10.2 Å². The standard InChI is InChI=1S/C18H11Br3N2O5/c19-11-1-2-14(27-8-16(24)25)10(4-11)7-22-23-18(26)15-5-9-3-12(20)6-13(21)17(9)28-15/h1-7H,8H2,(H,23,26)(H,24,25)/b22-7-. The Morgan fingerprint density at radius 3 is 2.68 bits per heavy atom. The molecule has 3 aromatic rings. The van der Waals surface area contributed by atoms with Gasteiger partial charge in [-0.3, -0.25) is 4.79 Å². The predicted molar refractivity (Wildman–Crippen MR) is 114 cm³/mol. The number of carboxylic acid groups (broad SMARTS) is 1. The van der Waals surface area contributed by atoms with Gasteiger partial charge >= 0.3 is 11.9 Å². The van der Waals surface area contributed by atoms with Gasteiger partial charge in [0, 0.05) is 19.9 Å². The second-order valence-electron chi connectivity index (χ2n) is 5.48. The Kier molecular flexibility index (Phi) is 6.53. The molecule has 2 N–H and O–H groups in total. The van der Waals surface area contributed by atoms with E-state index in [2.05, 4.69) is 58.3 Å². The van der Waals surface area contributed by atoms with E-state index in [0.29, 0.717) is 21.4 Å². The Hall–Kier alpha value is -2.17. The summed E-state index contributed by atoms with van der Waals surface area (Å²) in [5, 5.41) is 13.4. The maximum atomic E-state index is 12.3. The molecule has 0 aliphatic carbocycles. The van der Waals surface area contributed by atoms with Crippen LogP contribution in [0.25, 0.3) is 11.0 Å². The van der Waals surface area contributed by atoms with E-state index in [1.54, 1.807) is 24.3 Å². The summed E-state index contributed by atoms with van der Waals surface area (Å²) in [5.74, 6) is -1.20. The van der Waals surface area contributed by atoms with E-state index in [1.807, 2.05) is 12.1 Å². The maximum Gasteiger partial charge on any atom is 0.341 e. The van der Waals surface area contributed by atoms with Gasteiger partial charge in [-0.05, 0) is 52.3 Å². The quantitative estimate of drug-likeness (QED) is 0.321. The lowest BCUT2D eigenvalue weighted by molar-refractivity contribution is -0.139. The average molecular weight is 575 g/mol. The lowest BCUT2D eigenvalue weighted by atomic mass is 10.2. The molecule has 0 spiro atoms. The Morgan fingerprint density at radius 1 is 1.14 bits per heavy atom. The number of fused-ring (bicyclic) bond motifs is 1. The summed E-state index contributed by atoms with van der Waals surface area (Å²) in [6.45, 7) is -0.488. The Morgan fingerprint density at radius 2 is 1.93 bits per heavy atom. The highest BCUT2D eigenvalue weighted by atomic mass is 79.9. The van der Waals surface area contributed by atoms with Gasteiger partial charge in [0.25, 0.3) is 0 Å². The van der Waals surface area contributed by atoms with E-state index in [9.17, 15) is 9.59 Å². The molecule has 144 valence electrons. The molecule has 1 amide bonds. The minimum Gasteiger partial charge on any atom is -0.481 e. The van der Waals surface area contributed by atoms with Crippen LogP contribution in [0.1, 0.15) is 16.1 Å². The molecule has 0 aliphatic heterocycles. The number of hydrogen-bond acceptors (Lipinski definition) is 5. The molecule has 28 heavy (non-hydrogen) atoms. The van der Waals surface area contributed by atoms with Crippen molar-refractivity contribution >= 4 is 76.9 Å². The molecule has 0 aliphatic rings. The number of rotatable bonds is 6. The second kappa shape index (κ2) is 8.89. The fourth-order valence-corrected chi connectivity index (χ4v) is 4.01. The molecule has 1 aromatic heterocycles. The Labute approximate surface area is 184 Å². The minimum absolute atomic E-state index is 0.0996. The zero-order valence-electron chi connectivity index (χ0n) is 13.9. The SMILES string of the molecule is O=C(O)COc1ccc(Br)cc1/C=N\NC(=O)c1cc2cc(Br)cc(Br)c2o1. The van der Waals surface area contributed by atoms with Crippen molar-refractivity contribution in [2.24, 2.45) is 5.10 Å². The number of carboxylic acids is 1. The number of nitrogens with zero attached hydrogens (tertiary/aromatic N) is 1. The predicted octanol–water partition coefficient (Wildman–Crippen LogP) is 4.95. The molecule has 7 nitrogen and oxygen atoms in total. The summed E-state index contributed by atoms with van der Waals surface area (Å²) in [6.07, 6.45) is 1.36. The molecule has 1 heterocycles. The smallest absolute Gasteiger partial charge is 0.341 e. The highest BCUT2D eigenvalue weighted by Gasteiger charge is 2.14. The molecular formula is C18H11Br3N2O5. The maximum absolute atomic E-state index is 12.3. The van der Waals surface area contributed by atoms with E-state index < -0.39 is 18.5 Å². The number of ether oxygens (including phenoxy) is 1. The van der Waals surface area contributed by atoms with E-state index in [0.717, 1.165) is 14.3 Å². The number of amides is 1. The lowest BCUT2D eigenvalue weighted by Gasteiger charge is -2.07. The second-order valence-corrected chi connectivity index (χ2v) is 8.17. The van der Waals surface area contributed by atoms with Crippen LogP contribution >= 0.6 is 47.8 Å². The van der Waals surface area contributed by atoms with Crippen molar-refractivity contribution in [3.8, 4) is 5.75 Å². The van der Waals surface area contributed by atoms with E-state index in [4.69, 9.17) is 14.3 Å². The molecule has 3 rings (SSSR count). The first-order valence-corrected chi connectivity index (χ1v) is 10.1. The van der Waals surface area contributed by atoms with Gasteiger partial charge in [-0.15, -0.1) is 0 Å². The number of hydrazone groups is 1. The van der Waals surface area contributed by atoms with Gasteiger partial charge in [0.05, 0.1) is 10.7 Å². The largest absolute Gasteiger partial charge is 0.481 e. The van der Waals surface area contributed by atoms with Gasteiger partial charge in [-0.1, -0.05) is 31.9 Å². The summed E-state index contributed by atoms with van der Waals surface area (Å²) in [6, 6.07) is 10.2. The van der Waals surface area contributed by atoms with Crippen LogP contribution in [-0.4, -0.2) is 29.8 Å². The van der Waals surface area contributed by atoms with Gasteiger partial charge < -0.3 is 14.3 Å². The number of furan rings is 1. The third-order valence-corrected chi connectivity index (χ3v) is 4.99. The number of carbonyl (C=O) groups excluding carboxylic acids is 1. The zero-order chi connectivity index (χ0) is 20.3. The van der Waals surface area contributed by atoms with Crippen molar-refractivity contribution in [3.63, 3.8) is 0 Å². The molecule has 0 unspecified atom stereocenters. The van der Waals surface area contributed by atoms with Crippen molar-refractivity contribution < 1.29 is 23.8 Å². The Bertz CT molecular complexity index is 1090. The van der Waals surface area contributed by atoms with Gasteiger partial charge in [-0.2, -0.15) is 5.10 Å². The fourth-order valence-electron chi connectivity index (χ4n) is 2.29. The molecule has 2 aromatic carbocycles. The summed E-state index contributed by atoms with van der Waals surface area (Å²) in [5.41, 5.74) is 3.42. The van der Waals surface area contributed by atoms with Crippen molar-refractivity contribution in [3.05, 3.63) is 61.1 Å². The van der Waals surface area contributed by atoms with Crippen LogP contribution in [0, 0.1) is 0 Å². The van der Waals surface area contributed by atoms with Gasteiger partial charge in [-0.25, -0.2) is 10.2 Å². The van der Waals surface area contributed by atoms with Crippen molar-refractivity contribution in [1.29, 1.82) is 0 Å². The van der Waals surface area contributed by atoms with E-state index >= 15 is 0 Å². The summed E-state index contributed by atoms with van der Waals surface area (Å²) in [4.78, 5) is 23.0. The monoisotopic (exact) mass is 572 g/mol.